The standard InChI is InChI=1S/C13H13ClF2O3/c14-10-3-1-8(2-4-10)13(19,11(17)18)9-5-6-12(15,16)7-9/h1-4,9,19H,5-7H2,(H,17,18)/p-1/t9-,13+/m1/s1. The van der Waals surface area contributed by atoms with Gasteiger partial charge in [0.05, 0.1) is 5.97 Å². The molecule has 19 heavy (non-hydrogen) atoms. The summed E-state index contributed by atoms with van der Waals surface area (Å²) in [6.45, 7) is 0. The number of carbonyl (C=O) groups is 1. The lowest BCUT2D eigenvalue weighted by Crippen LogP contribution is -2.50. The number of aliphatic hydroxyl groups is 1. The monoisotopic (exact) mass is 289 g/mol. The molecule has 0 heterocycles. The lowest BCUT2D eigenvalue weighted by Gasteiger charge is -2.35. The summed E-state index contributed by atoms with van der Waals surface area (Å²) in [6.07, 6.45) is -1.17. The van der Waals surface area contributed by atoms with E-state index in [0.29, 0.717) is 5.02 Å². The minimum Gasteiger partial charge on any atom is -0.547 e. The molecule has 0 aliphatic heterocycles. The van der Waals surface area contributed by atoms with Crippen molar-refractivity contribution in [2.45, 2.75) is 30.8 Å². The Kier molecular flexibility index (Phi) is 3.53. The minimum atomic E-state index is -2.94. The van der Waals surface area contributed by atoms with Crippen LogP contribution < -0.4 is 5.11 Å². The number of halogens is 3. The van der Waals surface area contributed by atoms with Gasteiger partial charge in [-0.1, -0.05) is 23.7 Å². The molecule has 0 saturated heterocycles. The van der Waals surface area contributed by atoms with Crippen LogP contribution in [-0.2, 0) is 10.4 Å². The first-order chi connectivity index (χ1) is 8.75. The van der Waals surface area contributed by atoms with Crippen LogP contribution in [0.5, 0.6) is 0 Å². The zero-order chi connectivity index (χ0) is 14.3. The SMILES string of the molecule is O=C([O-])[C@](O)(c1ccc(Cl)cc1)[C@@H]1CCC(F)(F)C1. The fraction of sp³-hybridized carbons (Fsp3) is 0.462. The zero-order valence-corrected chi connectivity index (χ0v) is 10.7. The van der Waals surface area contributed by atoms with Crippen LogP contribution in [0.25, 0.3) is 0 Å². The summed E-state index contributed by atoms with van der Waals surface area (Å²) >= 11 is 5.68. The predicted molar refractivity (Wildman–Crippen MR) is 62.6 cm³/mol. The van der Waals surface area contributed by atoms with Gasteiger partial charge in [-0.25, -0.2) is 8.78 Å². The number of rotatable bonds is 3. The highest BCUT2D eigenvalue weighted by Crippen LogP contribution is 2.47. The van der Waals surface area contributed by atoms with Crippen LogP contribution in [0.4, 0.5) is 8.78 Å². The van der Waals surface area contributed by atoms with E-state index in [9.17, 15) is 23.8 Å². The number of hydrogen-bond donors (Lipinski definition) is 1. The van der Waals surface area contributed by atoms with E-state index in [0.717, 1.165) is 0 Å². The first-order valence-electron chi connectivity index (χ1n) is 5.83. The van der Waals surface area contributed by atoms with E-state index < -0.39 is 36.3 Å². The smallest absolute Gasteiger partial charge is 0.248 e. The van der Waals surface area contributed by atoms with Gasteiger partial charge in [-0.15, -0.1) is 0 Å². The van der Waals surface area contributed by atoms with E-state index in [4.69, 9.17) is 11.6 Å². The Morgan fingerprint density at radius 2 is 2.00 bits per heavy atom. The lowest BCUT2D eigenvalue weighted by atomic mass is 9.80. The van der Waals surface area contributed by atoms with E-state index >= 15 is 0 Å². The average molecular weight is 290 g/mol. The molecule has 2 rings (SSSR count). The minimum absolute atomic E-state index is 0.0135. The lowest BCUT2D eigenvalue weighted by molar-refractivity contribution is -0.330. The van der Waals surface area contributed by atoms with E-state index in [2.05, 4.69) is 0 Å². The molecule has 1 saturated carbocycles. The van der Waals surface area contributed by atoms with E-state index in [1.54, 1.807) is 0 Å². The van der Waals surface area contributed by atoms with Gasteiger partial charge in [0, 0.05) is 23.8 Å². The maximum absolute atomic E-state index is 13.2. The van der Waals surface area contributed by atoms with Crippen LogP contribution in [0, 0.1) is 5.92 Å². The average Bonchev–Trinajstić information content (AvgIpc) is 2.69. The molecule has 0 radical (unpaired) electrons. The summed E-state index contributed by atoms with van der Waals surface area (Å²) in [5.74, 6) is -5.79. The van der Waals surface area contributed by atoms with Gasteiger partial charge in [-0.2, -0.15) is 0 Å². The van der Waals surface area contributed by atoms with Gasteiger partial charge >= 0.3 is 0 Å². The molecule has 3 nitrogen and oxygen atoms in total. The highest BCUT2D eigenvalue weighted by molar-refractivity contribution is 6.30. The number of alkyl halides is 2. The number of carbonyl (C=O) groups excluding carboxylic acids is 1. The van der Waals surface area contributed by atoms with Gasteiger partial charge in [0.2, 0.25) is 5.92 Å². The van der Waals surface area contributed by atoms with Crippen LogP contribution in [0.1, 0.15) is 24.8 Å². The summed E-state index contributed by atoms with van der Waals surface area (Å²) in [5.41, 5.74) is -2.40. The van der Waals surface area contributed by atoms with Crippen molar-refractivity contribution in [2.24, 2.45) is 5.92 Å². The Morgan fingerprint density at radius 3 is 2.42 bits per heavy atom. The van der Waals surface area contributed by atoms with Gasteiger partial charge < -0.3 is 15.0 Å². The molecule has 0 bridgehead atoms. The second-order valence-corrected chi connectivity index (χ2v) is 5.29. The highest BCUT2D eigenvalue weighted by Gasteiger charge is 2.50. The predicted octanol–water partition coefficient (Wildman–Crippen LogP) is 1.71. The number of benzene rings is 1. The van der Waals surface area contributed by atoms with Crippen molar-refractivity contribution in [1.82, 2.24) is 0 Å². The second-order valence-electron chi connectivity index (χ2n) is 4.86. The fourth-order valence-corrected chi connectivity index (χ4v) is 2.66. The van der Waals surface area contributed by atoms with Gasteiger partial charge in [0.15, 0.2) is 0 Å². The van der Waals surface area contributed by atoms with Gasteiger partial charge in [-0.3, -0.25) is 0 Å². The van der Waals surface area contributed by atoms with E-state index in [-0.39, 0.29) is 12.0 Å². The molecule has 0 spiro atoms. The summed E-state index contributed by atoms with van der Waals surface area (Å²) in [6, 6.07) is 5.43. The molecule has 1 aromatic carbocycles. The largest absolute Gasteiger partial charge is 0.547 e. The molecule has 0 aromatic heterocycles. The second kappa shape index (κ2) is 4.72. The van der Waals surface area contributed by atoms with Crippen molar-refractivity contribution in [3.05, 3.63) is 34.9 Å². The topological polar surface area (TPSA) is 60.4 Å². The number of carboxylic acids is 1. The molecule has 1 aliphatic carbocycles. The Balaban J connectivity index is 2.38. The number of hydrogen-bond acceptors (Lipinski definition) is 3. The summed E-state index contributed by atoms with van der Waals surface area (Å²) < 4.78 is 26.4. The molecule has 104 valence electrons. The van der Waals surface area contributed by atoms with Crippen molar-refractivity contribution < 1.29 is 23.8 Å². The van der Waals surface area contributed by atoms with Crippen molar-refractivity contribution in [3.8, 4) is 0 Å². The molecule has 0 unspecified atom stereocenters. The molecule has 1 aliphatic rings. The zero-order valence-electron chi connectivity index (χ0n) is 9.91. The quantitative estimate of drug-likeness (QED) is 0.921. The van der Waals surface area contributed by atoms with Crippen molar-refractivity contribution in [3.63, 3.8) is 0 Å². The maximum Gasteiger partial charge on any atom is 0.248 e. The molecule has 1 N–H and O–H groups in total. The van der Waals surface area contributed by atoms with Crippen molar-refractivity contribution >= 4 is 17.6 Å². The molecule has 2 atom stereocenters. The van der Waals surface area contributed by atoms with Crippen LogP contribution in [0.2, 0.25) is 5.02 Å². The highest BCUT2D eigenvalue weighted by atomic mass is 35.5. The Morgan fingerprint density at radius 1 is 1.42 bits per heavy atom. The van der Waals surface area contributed by atoms with Gasteiger partial charge in [0.25, 0.3) is 0 Å². The molecule has 1 aromatic rings. The third kappa shape index (κ3) is 2.58. The summed E-state index contributed by atoms with van der Waals surface area (Å²) in [7, 11) is 0. The maximum atomic E-state index is 13.2. The first kappa shape index (κ1) is 14.2. The number of aliphatic carboxylic acids is 1. The normalized spacial score (nSPS) is 24.9. The summed E-state index contributed by atoms with van der Waals surface area (Å²) in [4.78, 5) is 11.3. The van der Waals surface area contributed by atoms with Crippen molar-refractivity contribution in [1.29, 1.82) is 0 Å². The van der Waals surface area contributed by atoms with Gasteiger partial charge in [0.1, 0.15) is 5.60 Å². The first-order valence-corrected chi connectivity index (χ1v) is 6.21. The molecule has 0 amide bonds. The molecular formula is C13H12ClF2O3-. The van der Waals surface area contributed by atoms with Crippen LogP contribution in [-0.4, -0.2) is 17.0 Å². The number of carboxylic acid groups (broad SMARTS) is 1. The Hall–Kier alpha value is -1.20. The van der Waals surface area contributed by atoms with E-state index in [1.807, 2.05) is 0 Å². The third-order valence-corrected chi connectivity index (χ3v) is 3.84. The third-order valence-electron chi connectivity index (χ3n) is 3.59. The van der Waals surface area contributed by atoms with Crippen LogP contribution in [0.3, 0.4) is 0 Å². The van der Waals surface area contributed by atoms with E-state index in [1.165, 1.54) is 24.3 Å². The Labute approximate surface area is 113 Å². The molecule has 1 fully saturated rings. The Bertz CT molecular complexity index is 489. The summed E-state index contributed by atoms with van der Waals surface area (Å²) in [5, 5.41) is 22.0. The van der Waals surface area contributed by atoms with Crippen LogP contribution >= 0.6 is 11.6 Å². The van der Waals surface area contributed by atoms with Crippen LogP contribution in [0.15, 0.2) is 24.3 Å². The molecular weight excluding hydrogens is 278 g/mol. The molecule has 6 heteroatoms. The van der Waals surface area contributed by atoms with Crippen molar-refractivity contribution in [2.75, 3.05) is 0 Å². The fourth-order valence-electron chi connectivity index (χ4n) is 2.53. The van der Waals surface area contributed by atoms with Gasteiger partial charge in [-0.05, 0) is 24.1 Å².